The highest BCUT2D eigenvalue weighted by molar-refractivity contribution is 4.64. The fourth-order valence-electron chi connectivity index (χ4n) is 2.83. The number of hydrogen-bond donors (Lipinski definition) is 2. The van der Waals surface area contributed by atoms with Gasteiger partial charge in [-0.05, 0) is 12.8 Å². The molecule has 0 saturated carbocycles. The molecule has 0 aliphatic heterocycles. The summed E-state index contributed by atoms with van der Waals surface area (Å²) in [5, 5.41) is 19.5. The number of hydrogen-bond acceptors (Lipinski definition) is 2. The van der Waals surface area contributed by atoms with Crippen LogP contribution in [-0.2, 0) is 0 Å². The minimum Gasteiger partial charge on any atom is -0.366 e. The maximum Gasteiger partial charge on any atom is 0.162 e. The van der Waals surface area contributed by atoms with Crippen molar-refractivity contribution >= 4 is 0 Å². The highest BCUT2D eigenvalue weighted by Crippen LogP contribution is 2.19. The maximum atomic E-state index is 9.76. The summed E-state index contributed by atoms with van der Waals surface area (Å²) in [6.45, 7) is 4.35. The lowest BCUT2D eigenvalue weighted by Gasteiger charge is -2.21. The van der Waals surface area contributed by atoms with Crippen LogP contribution in [-0.4, -0.2) is 16.0 Å². The number of unbranched alkanes of at least 4 members (excludes halogenated alkanes) is 12. The van der Waals surface area contributed by atoms with Crippen LogP contribution in [0.3, 0.4) is 0 Å². The third-order valence-electron chi connectivity index (χ3n) is 4.36. The molecule has 0 fully saturated rings. The smallest absolute Gasteiger partial charge is 0.162 e. The van der Waals surface area contributed by atoms with Gasteiger partial charge in [0, 0.05) is 12.8 Å². The highest BCUT2D eigenvalue weighted by atomic mass is 16.5. The molecule has 21 heavy (non-hydrogen) atoms. The second-order valence-electron chi connectivity index (χ2n) is 6.73. The molecule has 0 bridgehead atoms. The molecule has 0 rings (SSSR count). The zero-order chi connectivity index (χ0) is 15.8. The zero-order valence-corrected chi connectivity index (χ0v) is 14.7. The summed E-state index contributed by atoms with van der Waals surface area (Å²) in [5.41, 5.74) is 0. The van der Waals surface area contributed by atoms with Crippen LogP contribution in [0.15, 0.2) is 0 Å². The minimum absolute atomic E-state index is 0.529. The van der Waals surface area contributed by atoms with Crippen molar-refractivity contribution in [2.45, 2.75) is 122 Å². The molecule has 0 aliphatic rings. The van der Waals surface area contributed by atoms with Crippen LogP contribution in [0.4, 0.5) is 0 Å². The molecule has 128 valence electrons. The van der Waals surface area contributed by atoms with E-state index >= 15 is 0 Å². The summed E-state index contributed by atoms with van der Waals surface area (Å²) >= 11 is 0. The van der Waals surface area contributed by atoms with Crippen LogP contribution in [0.5, 0.6) is 0 Å². The van der Waals surface area contributed by atoms with Gasteiger partial charge in [-0.3, -0.25) is 0 Å². The lowest BCUT2D eigenvalue weighted by atomic mass is 10.0. The van der Waals surface area contributed by atoms with Gasteiger partial charge in [-0.1, -0.05) is 90.9 Å². The first-order valence-electron chi connectivity index (χ1n) is 9.57. The minimum atomic E-state index is -1.41. The standard InChI is InChI=1S/C19H40O2/c1-3-5-7-8-9-10-11-12-13-14-15-16-18-19(20,21)17-6-4-2/h20-21H,3-18H2,1-2H3. The Kier molecular flexibility index (Phi) is 14.8. The molecule has 0 heterocycles. The maximum absolute atomic E-state index is 9.76. The van der Waals surface area contributed by atoms with E-state index in [1.165, 1.54) is 64.2 Å². The van der Waals surface area contributed by atoms with Crippen LogP contribution >= 0.6 is 0 Å². The summed E-state index contributed by atoms with van der Waals surface area (Å²) in [6.07, 6.45) is 18.8. The molecule has 0 aliphatic carbocycles. The van der Waals surface area contributed by atoms with Crippen LogP contribution in [0.25, 0.3) is 0 Å². The van der Waals surface area contributed by atoms with Gasteiger partial charge in [0.1, 0.15) is 0 Å². The van der Waals surface area contributed by atoms with Crippen LogP contribution in [0.1, 0.15) is 117 Å². The Labute approximate surface area is 133 Å². The summed E-state index contributed by atoms with van der Waals surface area (Å²) in [4.78, 5) is 0. The molecule has 0 aromatic rings. The fourth-order valence-corrected chi connectivity index (χ4v) is 2.83. The number of aliphatic hydroxyl groups is 2. The van der Waals surface area contributed by atoms with E-state index in [2.05, 4.69) is 13.8 Å². The largest absolute Gasteiger partial charge is 0.366 e. The van der Waals surface area contributed by atoms with E-state index < -0.39 is 5.79 Å². The van der Waals surface area contributed by atoms with Gasteiger partial charge in [-0.15, -0.1) is 0 Å². The van der Waals surface area contributed by atoms with E-state index in [0.29, 0.717) is 12.8 Å². The van der Waals surface area contributed by atoms with Gasteiger partial charge in [0.25, 0.3) is 0 Å². The first-order chi connectivity index (χ1) is 10.1. The molecule has 0 aromatic carbocycles. The predicted molar refractivity (Wildman–Crippen MR) is 92.4 cm³/mol. The quantitative estimate of drug-likeness (QED) is 0.273. The molecular weight excluding hydrogens is 260 g/mol. The van der Waals surface area contributed by atoms with Gasteiger partial charge < -0.3 is 10.2 Å². The van der Waals surface area contributed by atoms with Crippen LogP contribution in [0.2, 0.25) is 0 Å². The van der Waals surface area contributed by atoms with Crippen molar-refractivity contribution in [2.24, 2.45) is 0 Å². The lowest BCUT2D eigenvalue weighted by Crippen LogP contribution is -2.27. The molecule has 0 spiro atoms. The molecule has 2 N–H and O–H groups in total. The molecule has 2 nitrogen and oxygen atoms in total. The lowest BCUT2D eigenvalue weighted by molar-refractivity contribution is -0.171. The van der Waals surface area contributed by atoms with Crippen molar-refractivity contribution in [3.63, 3.8) is 0 Å². The van der Waals surface area contributed by atoms with Gasteiger partial charge >= 0.3 is 0 Å². The first kappa shape index (κ1) is 20.9. The summed E-state index contributed by atoms with van der Waals surface area (Å²) in [7, 11) is 0. The van der Waals surface area contributed by atoms with E-state index in [0.717, 1.165) is 25.7 Å². The van der Waals surface area contributed by atoms with Crippen molar-refractivity contribution in [2.75, 3.05) is 0 Å². The highest BCUT2D eigenvalue weighted by Gasteiger charge is 2.20. The van der Waals surface area contributed by atoms with Gasteiger partial charge in [0.05, 0.1) is 0 Å². The fraction of sp³-hybridized carbons (Fsp3) is 1.00. The van der Waals surface area contributed by atoms with Gasteiger partial charge in [-0.2, -0.15) is 0 Å². The van der Waals surface area contributed by atoms with Crippen molar-refractivity contribution in [1.82, 2.24) is 0 Å². The zero-order valence-electron chi connectivity index (χ0n) is 14.7. The van der Waals surface area contributed by atoms with E-state index in [4.69, 9.17) is 0 Å². The van der Waals surface area contributed by atoms with E-state index in [1.54, 1.807) is 0 Å². The Balaban J connectivity index is 3.18. The van der Waals surface area contributed by atoms with E-state index in [-0.39, 0.29) is 0 Å². The van der Waals surface area contributed by atoms with Gasteiger partial charge in [0.15, 0.2) is 5.79 Å². The molecule has 2 heteroatoms. The SMILES string of the molecule is CCCCCCCCCCCCCCC(O)(O)CCCC. The van der Waals surface area contributed by atoms with Gasteiger partial charge in [-0.25, -0.2) is 0 Å². The predicted octanol–water partition coefficient (Wildman–Crippen LogP) is 5.95. The normalized spacial score (nSPS) is 12.0. The van der Waals surface area contributed by atoms with Crippen molar-refractivity contribution < 1.29 is 10.2 Å². The van der Waals surface area contributed by atoms with Crippen molar-refractivity contribution in [3.8, 4) is 0 Å². The third kappa shape index (κ3) is 16.1. The Morgan fingerprint density at radius 1 is 0.476 bits per heavy atom. The molecule has 0 aromatic heterocycles. The van der Waals surface area contributed by atoms with E-state index in [1.807, 2.05) is 0 Å². The average Bonchev–Trinajstić information content (AvgIpc) is 2.46. The van der Waals surface area contributed by atoms with Crippen LogP contribution in [0, 0.1) is 0 Å². The molecule has 0 radical (unpaired) electrons. The average molecular weight is 301 g/mol. The Morgan fingerprint density at radius 3 is 1.24 bits per heavy atom. The topological polar surface area (TPSA) is 40.5 Å². The summed E-state index contributed by atoms with van der Waals surface area (Å²) in [6, 6.07) is 0. The summed E-state index contributed by atoms with van der Waals surface area (Å²) in [5.74, 6) is -1.41. The van der Waals surface area contributed by atoms with Gasteiger partial charge in [0.2, 0.25) is 0 Å². The molecule has 0 saturated heterocycles. The molecule has 0 unspecified atom stereocenters. The first-order valence-corrected chi connectivity index (χ1v) is 9.57. The molecular formula is C19H40O2. The Bertz CT molecular complexity index is 202. The molecule has 0 amide bonds. The Morgan fingerprint density at radius 2 is 0.810 bits per heavy atom. The summed E-state index contributed by atoms with van der Waals surface area (Å²) < 4.78 is 0. The monoisotopic (exact) mass is 300 g/mol. The van der Waals surface area contributed by atoms with Crippen molar-refractivity contribution in [3.05, 3.63) is 0 Å². The third-order valence-corrected chi connectivity index (χ3v) is 4.36. The van der Waals surface area contributed by atoms with E-state index in [9.17, 15) is 10.2 Å². The Hall–Kier alpha value is -0.0800. The molecule has 0 atom stereocenters. The van der Waals surface area contributed by atoms with Crippen molar-refractivity contribution in [1.29, 1.82) is 0 Å². The number of rotatable bonds is 16. The second-order valence-corrected chi connectivity index (χ2v) is 6.73. The van der Waals surface area contributed by atoms with Crippen LogP contribution < -0.4 is 0 Å². The second kappa shape index (κ2) is 14.8.